The average Bonchev–Trinajstić information content (AvgIpc) is 2.53. The van der Waals surface area contributed by atoms with E-state index in [1.807, 2.05) is 18.7 Å². The summed E-state index contributed by atoms with van der Waals surface area (Å²) in [7, 11) is 0. The van der Waals surface area contributed by atoms with Gasteiger partial charge in [-0.25, -0.2) is 4.79 Å². The van der Waals surface area contributed by atoms with Crippen molar-refractivity contribution in [2.24, 2.45) is 5.92 Å². The van der Waals surface area contributed by atoms with Gasteiger partial charge in [0.1, 0.15) is 6.04 Å². The highest BCUT2D eigenvalue weighted by molar-refractivity contribution is 5.74. The third kappa shape index (κ3) is 3.73. The predicted octanol–water partition coefficient (Wildman–Crippen LogP) is 2.12. The molecule has 2 amide bonds. The Morgan fingerprint density at radius 1 is 1.25 bits per heavy atom. The van der Waals surface area contributed by atoms with E-state index in [0.717, 1.165) is 25.9 Å². The molecule has 16 heavy (non-hydrogen) atoms. The molecule has 1 N–H and O–H groups in total. The minimum Gasteiger partial charge on any atom is -0.325 e. The van der Waals surface area contributed by atoms with Gasteiger partial charge in [0.05, 0.1) is 6.07 Å². The van der Waals surface area contributed by atoms with Crippen LogP contribution >= 0.6 is 0 Å². The minimum absolute atomic E-state index is 0.0813. The smallest absolute Gasteiger partial charge is 0.318 e. The van der Waals surface area contributed by atoms with E-state index in [9.17, 15) is 4.79 Å². The lowest BCUT2D eigenvalue weighted by Gasteiger charge is -2.23. The van der Waals surface area contributed by atoms with Crippen molar-refractivity contribution in [2.45, 2.75) is 45.6 Å². The zero-order valence-electron chi connectivity index (χ0n) is 10.2. The molecule has 1 fully saturated rings. The van der Waals surface area contributed by atoms with E-state index >= 15 is 0 Å². The maximum atomic E-state index is 11.9. The van der Waals surface area contributed by atoms with Crippen molar-refractivity contribution in [1.82, 2.24) is 10.2 Å². The van der Waals surface area contributed by atoms with Crippen LogP contribution in [-0.2, 0) is 0 Å². The molecule has 0 spiro atoms. The quantitative estimate of drug-likeness (QED) is 0.779. The Morgan fingerprint density at radius 2 is 1.81 bits per heavy atom. The Labute approximate surface area is 97.6 Å². The van der Waals surface area contributed by atoms with Gasteiger partial charge < -0.3 is 10.2 Å². The van der Waals surface area contributed by atoms with Crippen LogP contribution < -0.4 is 5.32 Å². The molecule has 1 unspecified atom stereocenters. The Morgan fingerprint density at radius 3 is 2.25 bits per heavy atom. The van der Waals surface area contributed by atoms with E-state index < -0.39 is 0 Å². The Bertz CT molecular complexity index is 262. The topological polar surface area (TPSA) is 56.1 Å². The van der Waals surface area contributed by atoms with Crippen LogP contribution in [0.15, 0.2) is 0 Å². The first-order valence-electron chi connectivity index (χ1n) is 6.10. The number of nitrogens with zero attached hydrogens (tertiary/aromatic N) is 2. The highest BCUT2D eigenvalue weighted by Gasteiger charge is 2.20. The fourth-order valence-electron chi connectivity index (χ4n) is 1.85. The summed E-state index contributed by atoms with van der Waals surface area (Å²) >= 11 is 0. The molecule has 1 atom stereocenters. The van der Waals surface area contributed by atoms with Crippen molar-refractivity contribution in [1.29, 1.82) is 5.26 Å². The van der Waals surface area contributed by atoms with Crippen LogP contribution in [0.4, 0.5) is 4.79 Å². The normalized spacial score (nSPS) is 18.8. The number of nitrogens with one attached hydrogen (secondary N) is 1. The van der Waals surface area contributed by atoms with Gasteiger partial charge in [-0.05, 0) is 18.8 Å². The zero-order valence-corrected chi connectivity index (χ0v) is 10.2. The van der Waals surface area contributed by atoms with Crippen molar-refractivity contribution in [3.8, 4) is 6.07 Å². The van der Waals surface area contributed by atoms with E-state index in [2.05, 4.69) is 11.4 Å². The molecule has 0 aromatic rings. The van der Waals surface area contributed by atoms with Gasteiger partial charge in [-0.15, -0.1) is 0 Å². The summed E-state index contributed by atoms with van der Waals surface area (Å²) < 4.78 is 0. The van der Waals surface area contributed by atoms with Crippen molar-refractivity contribution in [3.63, 3.8) is 0 Å². The lowest BCUT2D eigenvalue weighted by molar-refractivity contribution is 0.195. The zero-order chi connectivity index (χ0) is 12.0. The number of hydrogen-bond donors (Lipinski definition) is 1. The van der Waals surface area contributed by atoms with Gasteiger partial charge >= 0.3 is 6.03 Å². The van der Waals surface area contributed by atoms with Crippen LogP contribution in [-0.4, -0.2) is 30.1 Å². The maximum absolute atomic E-state index is 11.9. The Kier molecular flexibility index (Phi) is 5.10. The van der Waals surface area contributed by atoms with E-state index in [1.165, 1.54) is 12.8 Å². The van der Waals surface area contributed by atoms with Crippen molar-refractivity contribution in [3.05, 3.63) is 0 Å². The molecule has 4 heteroatoms. The number of urea groups is 1. The Balaban J connectivity index is 2.47. The SMILES string of the molecule is CC(C)C(C#N)NC(=O)N1CCCCCC1. The third-order valence-electron chi connectivity index (χ3n) is 2.98. The van der Waals surface area contributed by atoms with Gasteiger partial charge in [0.2, 0.25) is 0 Å². The lowest BCUT2D eigenvalue weighted by Crippen LogP contribution is -2.46. The third-order valence-corrected chi connectivity index (χ3v) is 2.98. The first-order valence-corrected chi connectivity index (χ1v) is 6.10. The highest BCUT2D eigenvalue weighted by atomic mass is 16.2. The summed E-state index contributed by atoms with van der Waals surface area (Å²) in [5.74, 6) is 0.154. The predicted molar refractivity (Wildman–Crippen MR) is 62.8 cm³/mol. The van der Waals surface area contributed by atoms with Crippen LogP contribution in [0, 0.1) is 17.2 Å². The monoisotopic (exact) mass is 223 g/mol. The van der Waals surface area contributed by atoms with E-state index in [4.69, 9.17) is 5.26 Å². The van der Waals surface area contributed by atoms with Gasteiger partial charge in [0.25, 0.3) is 0 Å². The van der Waals surface area contributed by atoms with Crippen LogP contribution in [0.25, 0.3) is 0 Å². The van der Waals surface area contributed by atoms with Crippen molar-refractivity contribution >= 4 is 6.03 Å². The van der Waals surface area contributed by atoms with Gasteiger partial charge in [0, 0.05) is 13.1 Å². The van der Waals surface area contributed by atoms with E-state index in [0.29, 0.717) is 0 Å². The molecule has 0 bridgehead atoms. The molecule has 0 radical (unpaired) electrons. The van der Waals surface area contributed by atoms with Gasteiger partial charge in [-0.1, -0.05) is 26.7 Å². The minimum atomic E-state index is -0.379. The van der Waals surface area contributed by atoms with Gasteiger partial charge in [-0.2, -0.15) is 5.26 Å². The Hall–Kier alpha value is -1.24. The number of hydrogen-bond acceptors (Lipinski definition) is 2. The molecule has 0 saturated carbocycles. The second-order valence-electron chi connectivity index (χ2n) is 4.70. The molecule has 4 nitrogen and oxygen atoms in total. The number of likely N-dealkylation sites (tertiary alicyclic amines) is 1. The largest absolute Gasteiger partial charge is 0.325 e. The van der Waals surface area contributed by atoms with E-state index in [1.54, 1.807) is 0 Å². The molecular formula is C12H21N3O. The molecule has 0 aromatic carbocycles. The first kappa shape index (κ1) is 12.8. The summed E-state index contributed by atoms with van der Waals surface area (Å²) in [5, 5.41) is 11.7. The number of amides is 2. The summed E-state index contributed by atoms with van der Waals surface area (Å²) in [6, 6.07) is 1.67. The van der Waals surface area contributed by atoms with Crippen LogP contribution in [0.1, 0.15) is 39.5 Å². The van der Waals surface area contributed by atoms with Crippen LogP contribution in [0.5, 0.6) is 0 Å². The second-order valence-corrected chi connectivity index (χ2v) is 4.70. The number of nitriles is 1. The van der Waals surface area contributed by atoms with Gasteiger partial charge in [-0.3, -0.25) is 0 Å². The maximum Gasteiger partial charge on any atom is 0.318 e. The summed E-state index contributed by atoms with van der Waals surface area (Å²) in [6.45, 7) is 5.53. The molecule has 90 valence electrons. The molecule has 1 aliphatic heterocycles. The van der Waals surface area contributed by atoms with E-state index in [-0.39, 0.29) is 18.0 Å². The number of carbonyl (C=O) groups is 1. The molecule has 1 rings (SSSR count). The van der Waals surface area contributed by atoms with Gasteiger partial charge in [0.15, 0.2) is 0 Å². The summed E-state index contributed by atoms with van der Waals surface area (Å²) in [6.07, 6.45) is 4.56. The average molecular weight is 223 g/mol. The molecular weight excluding hydrogens is 202 g/mol. The lowest BCUT2D eigenvalue weighted by atomic mass is 10.1. The second kappa shape index (κ2) is 6.37. The van der Waals surface area contributed by atoms with Crippen molar-refractivity contribution < 1.29 is 4.79 Å². The first-order chi connectivity index (χ1) is 7.65. The van der Waals surface area contributed by atoms with Crippen LogP contribution in [0.2, 0.25) is 0 Å². The summed E-state index contributed by atoms with van der Waals surface area (Å²) in [5.41, 5.74) is 0. The number of rotatable bonds is 2. The van der Waals surface area contributed by atoms with Crippen LogP contribution in [0.3, 0.4) is 0 Å². The summed E-state index contributed by atoms with van der Waals surface area (Å²) in [4.78, 5) is 13.7. The standard InChI is InChI=1S/C12H21N3O/c1-10(2)11(9-13)14-12(16)15-7-5-3-4-6-8-15/h10-11H,3-8H2,1-2H3,(H,14,16). The van der Waals surface area contributed by atoms with Crippen molar-refractivity contribution in [2.75, 3.05) is 13.1 Å². The number of carbonyl (C=O) groups excluding carboxylic acids is 1. The molecule has 1 saturated heterocycles. The highest BCUT2D eigenvalue weighted by Crippen LogP contribution is 2.10. The molecule has 0 aromatic heterocycles. The fourth-order valence-corrected chi connectivity index (χ4v) is 1.85. The molecule has 1 aliphatic rings. The molecule has 1 heterocycles. The molecule has 0 aliphatic carbocycles. The fraction of sp³-hybridized carbons (Fsp3) is 0.833.